The van der Waals surface area contributed by atoms with E-state index in [2.05, 4.69) is 43.4 Å². The Bertz CT molecular complexity index is 444. The number of ether oxygens (including phenoxy) is 2. The highest BCUT2D eigenvalue weighted by Crippen LogP contribution is 2.36. The number of rotatable bonds is 3. The lowest BCUT2D eigenvalue weighted by atomic mass is 9.89. The van der Waals surface area contributed by atoms with Crippen LogP contribution in [0.4, 0.5) is 0 Å². The normalized spacial score (nSPS) is 24.1. The molecule has 0 amide bonds. The molecule has 3 rings (SSSR count). The molecule has 2 aliphatic rings. The van der Waals surface area contributed by atoms with Crippen molar-refractivity contribution >= 4 is 0 Å². The molecular weight excluding hydrogens is 250 g/mol. The molecule has 20 heavy (non-hydrogen) atoms. The summed E-state index contributed by atoms with van der Waals surface area (Å²) in [7, 11) is 0. The van der Waals surface area contributed by atoms with E-state index in [1.54, 1.807) is 0 Å². The molecule has 1 aliphatic carbocycles. The summed E-state index contributed by atoms with van der Waals surface area (Å²) in [5, 5.41) is 3.77. The Balaban J connectivity index is 1.56. The van der Waals surface area contributed by atoms with Crippen LogP contribution in [0.3, 0.4) is 0 Å². The average Bonchev–Trinajstić information content (AvgIpc) is 2.90. The van der Waals surface area contributed by atoms with E-state index in [1.165, 1.54) is 11.1 Å². The minimum absolute atomic E-state index is 0.246. The standard InChI is InChI=1S/C17H25NO2/c1-13-5-3-4-6-16(13)14(2)18-15-7-9-17(10-8-15)19-11-12-20-17/h3-6,14-15,18H,7-12H2,1-2H3/t14-/m1/s1. The van der Waals surface area contributed by atoms with Crippen LogP contribution in [0.25, 0.3) is 0 Å². The van der Waals surface area contributed by atoms with Crippen LogP contribution >= 0.6 is 0 Å². The first kappa shape index (κ1) is 14.1. The number of benzene rings is 1. The van der Waals surface area contributed by atoms with Crippen LogP contribution in [0.2, 0.25) is 0 Å². The quantitative estimate of drug-likeness (QED) is 0.918. The van der Waals surface area contributed by atoms with Crippen molar-refractivity contribution in [3.63, 3.8) is 0 Å². The fourth-order valence-corrected chi connectivity index (χ4v) is 3.53. The Hall–Kier alpha value is -0.900. The minimum atomic E-state index is -0.246. The van der Waals surface area contributed by atoms with Gasteiger partial charge in [-0.25, -0.2) is 0 Å². The van der Waals surface area contributed by atoms with Gasteiger partial charge in [-0.15, -0.1) is 0 Å². The van der Waals surface area contributed by atoms with E-state index in [-0.39, 0.29) is 5.79 Å². The smallest absolute Gasteiger partial charge is 0.168 e. The predicted octanol–water partition coefficient (Wildman–Crippen LogP) is 3.33. The summed E-state index contributed by atoms with van der Waals surface area (Å²) in [6, 6.07) is 9.61. The van der Waals surface area contributed by atoms with Gasteiger partial charge in [-0.3, -0.25) is 0 Å². The maximum atomic E-state index is 5.79. The van der Waals surface area contributed by atoms with Gasteiger partial charge in [-0.2, -0.15) is 0 Å². The van der Waals surface area contributed by atoms with Gasteiger partial charge in [-0.05, 0) is 37.8 Å². The highest BCUT2D eigenvalue weighted by molar-refractivity contribution is 5.28. The highest BCUT2D eigenvalue weighted by atomic mass is 16.7. The minimum Gasteiger partial charge on any atom is -0.348 e. The zero-order valence-electron chi connectivity index (χ0n) is 12.5. The fraction of sp³-hybridized carbons (Fsp3) is 0.647. The van der Waals surface area contributed by atoms with Crippen LogP contribution in [0.15, 0.2) is 24.3 Å². The molecule has 1 aromatic carbocycles. The van der Waals surface area contributed by atoms with Crippen LogP contribution in [0, 0.1) is 6.92 Å². The number of hydrogen-bond acceptors (Lipinski definition) is 3. The maximum absolute atomic E-state index is 5.79. The summed E-state index contributed by atoms with van der Waals surface area (Å²) in [4.78, 5) is 0. The first-order valence-corrected chi connectivity index (χ1v) is 7.78. The van der Waals surface area contributed by atoms with E-state index in [0.717, 1.165) is 38.9 Å². The Morgan fingerprint density at radius 3 is 2.45 bits per heavy atom. The Labute approximate surface area is 121 Å². The van der Waals surface area contributed by atoms with Gasteiger partial charge in [0.1, 0.15) is 0 Å². The molecule has 1 saturated heterocycles. The third-order valence-corrected chi connectivity index (χ3v) is 4.70. The van der Waals surface area contributed by atoms with E-state index < -0.39 is 0 Å². The van der Waals surface area contributed by atoms with Crippen LogP contribution in [-0.2, 0) is 9.47 Å². The summed E-state index contributed by atoms with van der Waals surface area (Å²) in [5.41, 5.74) is 2.77. The van der Waals surface area contributed by atoms with Crippen LogP contribution in [-0.4, -0.2) is 25.0 Å². The first-order valence-electron chi connectivity index (χ1n) is 7.78. The number of aryl methyl sites for hydroxylation is 1. The van der Waals surface area contributed by atoms with Gasteiger partial charge in [0, 0.05) is 24.9 Å². The second-order valence-corrected chi connectivity index (χ2v) is 6.13. The molecule has 0 aromatic heterocycles. The summed E-state index contributed by atoms with van der Waals surface area (Å²) >= 11 is 0. The molecule has 0 unspecified atom stereocenters. The van der Waals surface area contributed by atoms with E-state index in [9.17, 15) is 0 Å². The Kier molecular flexibility index (Phi) is 4.11. The molecule has 110 valence electrons. The zero-order valence-corrected chi connectivity index (χ0v) is 12.5. The molecule has 1 aliphatic heterocycles. The molecular formula is C17H25NO2. The van der Waals surface area contributed by atoms with Gasteiger partial charge in [-0.1, -0.05) is 24.3 Å². The molecule has 3 nitrogen and oxygen atoms in total. The molecule has 3 heteroatoms. The van der Waals surface area contributed by atoms with Gasteiger partial charge < -0.3 is 14.8 Å². The monoisotopic (exact) mass is 275 g/mol. The molecule has 1 saturated carbocycles. The molecule has 1 atom stereocenters. The molecule has 1 heterocycles. The molecule has 0 radical (unpaired) electrons. The lowest BCUT2D eigenvalue weighted by Gasteiger charge is -2.37. The topological polar surface area (TPSA) is 30.5 Å². The lowest BCUT2D eigenvalue weighted by Crippen LogP contribution is -2.42. The Morgan fingerprint density at radius 1 is 1.15 bits per heavy atom. The predicted molar refractivity (Wildman–Crippen MR) is 79.6 cm³/mol. The highest BCUT2D eigenvalue weighted by Gasteiger charge is 2.40. The van der Waals surface area contributed by atoms with Crippen molar-refractivity contribution < 1.29 is 9.47 Å². The van der Waals surface area contributed by atoms with Crippen molar-refractivity contribution in [3.8, 4) is 0 Å². The fourth-order valence-electron chi connectivity index (χ4n) is 3.53. The first-order chi connectivity index (χ1) is 9.69. The number of hydrogen-bond donors (Lipinski definition) is 1. The second-order valence-electron chi connectivity index (χ2n) is 6.13. The van der Waals surface area contributed by atoms with Gasteiger partial charge in [0.2, 0.25) is 0 Å². The van der Waals surface area contributed by atoms with Gasteiger partial charge >= 0.3 is 0 Å². The molecule has 2 fully saturated rings. The summed E-state index contributed by atoms with van der Waals surface area (Å²) < 4.78 is 11.6. The van der Waals surface area contributed by atoms with Crippen molar-refractivity contribution in [3.05, 3.63) is 35.4 Å². The largest absolute Gasteiger partial charge is 0.348 e. The SMILES string of the molecule is Cc1ccccc1[C@@H](C)NC1CCC2(CC1)OCCO2. The van der Waals surface area contributed by atoms with E-state index in [0.29, 0.717) is 12.1 Å². The van der Waals surface area contributed by atoms with Crippen LogP contribution in [0.5, 0.6) is 0 Å². The van der Waals surface area contributed by atoms with Crippen molar-refractivity contribution in [2.45, 2.75) is 57.4 Å². The molecule has 1 N–H and O–H groups in total. The van der Waals surface area contributed by atoms with Crippen molar-refractivity contribution in [1.82, 2.24) is 5.32 Å². The summed E-state index contributed by atoms with van der Waals surface area (Å²) in [6.07, 6.45) is 4.31. The van der Waals surface area contributed by atoms with Crippen molar-refractivity contribution in [1.29, 1.82) is 0 Å². The Morgan fingerprint density at radius 2 is 1.80 bits per heavy atom. The van der Waals surface area contributed by atoms with Gasteiger partial charge in [0.05, 0.1) is 13.2 Å². The molecule has 1 spiro atoms. The third kappa shape index (κ3) is 2.90. The van der Waals surface area contributed by atoms with E-state index >= 15 is 0 Å². The lowest BCUT2D eigenvalue weighted by molar-refractivity contribution is -0.179. The van der Waals surface area contributed by atoms with Crippen molar-refractivity contribution in [2.24, 2.45) is 0 Å². The van der Waals surface area contributed by atoms with Crippen LogP contribution < -0.4 is 5.32 Å². The number of nitrogens with one attached hydrogen (secondary N) is 1. The van der Waals surface area contributed by atoms with E-state index in [1.807, 2.05) is 0 Å². The molecule has 0 bridgehead atoms. The van der Waals surface area contributed by atoms with Gasteiger partial charge in [0.25, 0.3) is 0 Å². The molecule has 1 aromatic rings. The van der Waals surface area contributed by atoms with E-state index in [4.69, 9.17) is 9.47 Å². The average molecular weight is 275 g/mol. The summed E-state index contributed by atoms with van der Waals surface area (Å²) in [5.74, 6) is -0.246. The van der Waals surface area contributed by atoms with Crippen LogP contribution in [0.1, 0.15) is 49.8 Å². The van der Waals surface area contributed by atoms with Gasteiger partial charge in [0.15, 0.2) is 5.79 Å². The maximum Gasteiger partial charge on any atom is 0.168 e. The van der Waals surface area contributed by atoms with Crippen molar-refractivity contribution in [2.75, 3.05) is 13.2 Å². The third-order valence-electron chi connectivity index (χ3n) is 4.70. The zero-order chi connectivity index (χ0) is 14.0. The second kappa shape index (κ2) is 5.84. The summed E-state index contributed by atoms with van der Waals surface area (Å²) in [6.45, 7) is 5.97.